The molecule has 0 amide bonds. The molecule has 27 heavy (non-hydrogen) atoms. The van der Waals surface area contributed by atoms with E-state index in [1.54, 1.807) is 7.11 Å². The van der Waals surface area contributed by atoms with Crippen LogP contribution in [0.1, 0.15) is 11.1 Å². The maximum atomic E-state index is 5.53. The van der Waals surface area contributed by atoms with Crippen molar-refractivity contribution in [2.45, 2.75) is 13.1 Å². The van der Waals surface area contributed by atoms with Crippen molar-refractivity contribution in [3.63, 3.8) is 0 Å². The van der Waals surface area contributed by atoms with Gasteiger partial charge in [0, 0.05) is 49.1 Å². The standard InChI is InChI=1S/C23H25BrN2O/c1-27-23-11-8-19(21-4-2-3-5-22(21)23)17-26-14-12-25(13-15-26)16-18-6-9-20(24)10-7-18/h2-11H,12-17H2,1H3. The summed E-state index contributed by atoms with van der Waals surface area (Å²) in [5, 5.41) is 2.50. The number of fused-ring (bicyclic) bond motifs is 1. The summed E-state index contributed by atoms with van der Waals surface area (Å²) in [6.07, 6.45) is 0. The summed E-state index contributed by atoms with van der Waals surface area (Å²) in [6.45, 7) is 6.48. The van der Waals surface area contributed by atoms with Gasteiger partial charge in [-0.15, -0.1) is 0 Å². The molecule has 0 atom stereocenters. The lowest BCUT2D eigenvalue weighted by Crippen LogP contribution is -2.45. The number of rotatable bonds is 5. The predicted molar refractivity (Wildman–Crippen MR) is 115 cm³/mol. The second-order valence-electron chi connectivity index (χ2n) is 7.15. The van der Waals surface area contributed by atoms with E-state index in [2.05, 4.69) is 86.4 Å². The van der Waals surface area contributed by atoms with Crippen molar-refractivity contribution in [2.75, 3.05) is 33.3 Å². The van der Waals surface area contributed by atoms with Crippen molar-refractivity contribution in [3.8, 4) is 5.75 Å². The van der Waals surface area contributed by atoms with Gasteiger partial charge in [0.05, 0.1) is 7.11 Å². The fourth-order valence-electron chi connectivity index (χ4n) is 3.84. The van der Waals surface area contributed by atoms with Crippen LogP contribution in [0.25, 0.3) is 10.8 Å². The first kappa shape index (κ1) is 18.5. The van der Waals surface area contributed by atoms with Crippen LogP contribution in [0, 0.1) is 0 Å². The highest BCUT2D eigenvalue weighted by Crippen LogP contribution is 2.29. The fourth-order valence-corrected chi connectivity index (χ4v) is 4.11. The zero-order valence-corrected chi connectivity index (χ0v) is 17.3. The van der Waals surface area contributed by atoms with Crippen LogP contribution in [0.3, 0.4) is 0 Å². The quantitative estimate of drug-likeness (QED) is 0.577. The van der Waals surface area contributed by atoms with Crippen molar-refractivity contribution in [3.05, 3.63) is 76.3 Å². The zero-order valence-electron chi connectivity index (χ0n) is 15.7. The molecular weight excluding hydrogens is 400 g/mol. The normalized spacial score (nSPS) is 15.9. The predicted octanol–water partition coefficient (Wildman–Crippen LogP) is 4.93. The van der Waals surface area contributed by atoms with E-state index in [4.69, 9.17) is 4.74 Å². The van der Waals surface area contributed by atoms with Gasteiger partial charge in [-0.1, -0.05) is 58.4 Å². The Kier molecular flexibility index (Phi) is 5.77. The Balaban J connectivity index is 1.39. The van der Waals surface area contributed by atoms with Crippen LogP contribution in [-0.2, 0) is 13.1 Å². The number of hydrogen-bond acceptors (Lipinski definition) is 3. The first-order chi connectivity index (χ1) is 13.2. The minimum absolute atomic E-state index is 0.952. The number of benzene rings is 3. The van der Waals surface area contributed by atoms with E-state index in [0.29, 0.717) is 0 Å². The first-order valence-electron chi connectivity index (χ1n) is 9.47. The van der Waals surface area contributed by atoms with Gasteiger partial charge in [0.15, 0.2) is 0 Å². The lowest BCUT2D eigenvalue weighted by molar-refractivity contribution is 0.122. The van der Waals surface area contributed by atoms with E-state index in [-0.39, 0.29) is 0 Å². The molecule has 0 aromatic heterocycles. The van der Waals surface area contributed by atoms with E-state index in [9.17, 15) is 0 Å². The van der Waals surface area contributed by atoms with E-state index in [1.807, 2.05) is 0 Å². The summed E-state index contributed by atoms with van der Waals surface area (Å²) in [6, 6.07) is 21.5. The molecule has 4 rings (SSSR count). The van der Waals surface area contributed by atoms with Crippen LogP contribution in [0.5, 0.6) is 5.75 Å². The number of ether oxygens (including phenoxy) is 1. The summed E-state index contributed by atoms with van der Waals surface area (Å²) < 4.78 is 6.67. The molecule has 0 unspecified atom stereocenters. The zero-order chi connectivity index (χ0) is 18.6. The van der Waals surface area contributed by atoms with Gasteiger partial charge in [0.1, 0.15) is 5.75 Å². The molecule has 0 aliphatic carbocycles. The molecule has 0 bridgehead atoms. The van der Waals surface area contributed by atoms with Crippen LogP contribution >= 0.6 is 15.9 Å². The Bertz CT molecular complexity index is 902. The minimum atomic E-state index is 0.952. The van der Waals surface area contributed by atoms with Gasteiger partial charge >= 0.3 is 0 Å². The number of hydrogen-bond donors (Lipinski definition) is 0. The third-order valence-corrected chi connectivity index (χ3v) is 5.90. The molecule has 1 saturated heterocycles. The summed E-state index contributed by atoms with van der Waals surface area (Å²) in [5.74, 6) is 0.952. The second-order valence-corrected chi connectivity index (χ2v) is 8.07. The lowest BCUT2D eigenvalue weighted by Gasteiger charge is -2.35. The maximum Gasteiger partial charge on any atom is 0.126 e. The maximum absolute atomic E-state index is 5.53. The van der Waals surface area contributed by atoms with Crippen LogP contribution in [0.4, 0.5) is 0 Å². The van der Waals surface area contributed by atoms with Gasteiger partial charge in [-0.25, -0.2) is 0 Å². The molecule has 0 spiro atoms. The van der Waals surface area contributed by atoms with Crippen LogP contribution in [0.15, 0.2) is 65.1 Å². The number of methoxy groups -OCH3 is 1. The number of halogens is 1. The van der Waals surface area contributed by atoms with E-state index in [0.717, 1.165) is 49.5 Å². The summed E-state index contributed by atoms with van der Waals surface area (Å²) in [7, 11) is 1.74. The van der Waals surface area contributed by atoms with Gasteiger partial charge in [0.2, 0.25) is 0 Å². The van der Waals surface area contributed by atoms with Crippen LogP contribution in [0.2, 0.25) is 0 Å². The third-order valence-electron chi connectivity index (χ3n) is 5.37. The minimum Gasteiger partial charge on any atom is -0.496 e. The Labute approximate surface area is 169 Å². The summed E-state index contributed by atoms with van der Waals surface area (Å²) in [5.41, 5.74) is 2.76. The molecule has 3 nitrogen and oxygen atoms in total. The Hall–Kier alpha value is -1.88. The monoisotopic (exact) mass is 424 g/mol. The highest BCUT2D eigenvalue weighted by molar-refractivity contribution is 9.10. The average Bonchev–Trinajstić information content (AvgIpc) is 2.71. The van der Waals surface area contributed by atoms with Gasteiger partial charge in [-0.2, -0.15) is 0 Å². The third kappa shape index (κ3) is 4.34. The second kappa shape index (κ2) is 8.42. The van der Waals surface area contributed by atoms with Crippen molar-refractivity contribution >= 4 is 26.7 Å². The van der Waals surface area contributed by atoms with Gasteiger partial charge < -0.3 is 4.74 Å². The topological polar surface area (TPSA) is 15.7 Å². The van der Waals surface area contributed by atoms with E-state index >= 15 is 0 Å². The SMILES string of the molecule is COc1ccc(CN2CCN(Cc3ccc(Br)cc3)CC2)c2ccccc12. The highest BCUT2D eigenvalue weighted by Gasteiger charge is 2.18. The van der Waals surface area contributed by atoms with Crippen molar-refractivity contribution in [2.24, 2.45) is 0 Å². The van der Waals surface area contributed by atoms with Crippen LogP contribution < -0.4 is 4.74 Å². The molecule has 0 radical (unpaired) electrons. The molecule has 3 aromatic carbocycles. The highest BCUT2D eigenvalue weighted by atomic mass is 79.9. The molecule has 1 fully saturated rings. The Morgan fingerprint density at radius 1 is 0.778 bits per heavy atom. The molecule has 4 heteroatoms. The lowest BCUT2D eigenvalue weighted by atomic mass is 10.0. The van der Waals surface area contributed by atoms with E-state index < -0.39 is 0 Å². The van der Waals surface area contributed by atoms with Crippen LogP contribution in [-0.4, -0.2) is 43.1 Å². The van der Waals surface area contributed by atoms with Crippen molar-refractivity contribution in [1.29, 1.82) is 0 Å². The largest absolute Gasteiger partial charge is 0.496 e. The molecule has 0 saturated carbocycles. The Morgan fingerprint density at radius 2 is 1.41 bits per heavy atom. The number of piperazine rings is 1. The molecular formula is C23H25BrN2O. The molecule has 0 N–H and O–H groups in total. The summed E-state index contributed by atoms with van der Waals surface area (Å²) >= 11 is 3.51. The van der Waals surface area contributed by atoms with Gasteiger partial charge in [-0.3, -0.25) is 9.80 Å². The Morgan fingerprint density at radius 3 is 2.07 bits per heavy atom. The van der Waals surface area contributed by atoms with E-state index in [1.165, 1.54) is 21.9 Å². The fraction of sp³-hybridized carbons (Fsp3) is 0.304. The molecule has 1 heterocycles. The molecule has 3 aromatic rings. The molecule has 140 valence electrons. The first-order valence-corrected chi connectivity index (χ1v) is 10.3. The summed E-state index contributed by atoms with van der Waals surface area (Å²) in [4.78, 5) is 5.11. The average molecular weight is 425 g/mol. The molecule has 1 aliphatic rings. The van der Waals surface area contributed by atoms with Gasteiger partial charge in [0.25, 0.3) is 0 Å². The molecule has 1 aliphatic heterocycles. The van der Waals surface area contributed by atoms with Crippen molar-refractivity contribution < 1.29 is 4.74 Å². The van der Waals surface area contributed by atoms with Crippen molar-refractivity contribution in [1.82, 2.24) is 9.80 Å². The number of nitrogens with zero attached hydrogens (tertiary/aromatic N) is 2. The smallest absolute Gasteiger partial charge is 0.126 e. The van der Waals surface area contributed by atoms with Gasteiger partial charge in [-0.05, 0) is 34.7 Å².